The van der Waals surface area contributed by atoms with Crippen molar-refractivity contribution in [3.63, 3.8) is 0 Å². The number of hydrogen-bond donors (Lipinski definition) is 3. The Labute approximate surface area is 242 Å². The van der Waals surface area contributed by atoms with E-state index in [9.17, 15) is 14.7 Å². The second kappa shape index (κ2) is 14.0. The van der Waals surface area contributed by atoms with Gasteiger partial charge in [0.05, 0.1) is 36.8 Å². The normalized spacial score (nSPS) is 19.1. The molecule has 0 spiro atoms. The summed E-state index contributed by atoms with van der Waals surface area (Å²) in [5.74, 6) is 0.888. The lowest BCUT2D eigenvalue weighted by molar-refractivity contribution is -0.125. The van der Waals surface area contributed by atoms with Gasteiger partial charge in [-0.05, 0) is 39.3 Å². The van der Waals surface area contributed by atoms with Gasteiger partial charge in [0.2, 0.25) is 5.91 Å². The average Bonchev–Trinajstić information content (AvgIpc) is 3.59. The van der Waals surface area contributed by atoms with Crippen LogP contribution >= 0.6 is 0 Å². The largest absolute Gasteiger partial charge is 0.444 e. The summed E-state index contributed by atoms with van der Waals surface area (Å²) in [4.78, 5) is 35.4. The van der Waals surface area contributed by atoms with Crippen LogP contribution in [-0.2, 0) is 9.53 Å². The van der Waals surface area contributed by atoms with Gasteiger partial charge in [-0.2, -0.15) is 0 Å². The van der Waals surface area contributed by atoms with Crippen LogP contribution in [-0.4, -0.2) is 118 Å². The molecule has 4 rings (SSSR count). The van der Waals surface area contributed by atoms with E-state index < -0.39 is 0 Å². The quantitative estimate of drug-likeness (QED) is 0.350. The summed E-state index contributed by atoms with van der Waals surface area (Å²) in [6, 6.07) is 2.03. The van der Waals surface area contributed by atoms with Crippen molar-refractivity contribution in [1.82, 2.24) is 29.3 Å². The maximum Gasteiger partial charge on any atom is 0.410 e. The maximum atomic E-state index is 12.9. The zero-order valence-electron chi connectivity index (χ0n) is 25.0. The van der Waals surface area contributed by atoms with Crippen molar-refractivity contribution in [3.05, 3.63) is 30.1 Å². The summed E-state index contributed by atoms with van der Waals surface area (Å²) in [5, 5.41) is 21.4. The first kappa shape index (κ1) is 30.6. The molecule has 3 N–H and O–H groups in total. The number of rotatable bonds is 11. The molecule has 12 heteroatoms. The van der Waals surface area contributed by atoms with E-state index in [0.29, 0.717) is 45.0 Å². The number of carbonyl (C=O) groups excluding carboxylic acids is 2. The molecule has 2 fully saturated rings. The molecule has 226 valence electrons. The van der Waals surface area contributed by atoms with Crippen LogP contribution in [0.15, 0.2) is 24.4 Å². The van der Waals surface area contributed by atoms with Gasteiger partial charge in [-0.1, -0.05) is 26.8 Å². The molecular formula is C29H46N8O4. The van der Waals surface area contributed by atoms with E-state index >= 15 is 0 Å². The van der Waals surface area contributed by atoms with E-state index in [1.165, 1.54) is 0 Å². The third-order valence-electron chi connectivity index (χ3n) is 7.72. The Balaban J connectivity index is 1.32. The van der Waals surface area contributed by atoms with E-state index in [4.69, 9.17) is 9.84 Å². The molecule has 0 unspecified atom stereocenters. The fourth-order valence-corrected chi connectivity index (χ4v) is 5.18. The first-order valence-corrected chi connectivity index (χ1v) is 14.8. The topological polar surface area (TPSA) is 128 Å². The van der Waals surface area contributed by atoms with Crippen LogP contribution < -0.4 is 10.6 Å². The number of likely N-dealkylation sites (tertiary alicyclic amines) is 2. The summed E-state index contributed by atoms with van der Waals surface area (Å²) >= 11 is 0. The molecule has 0 radical (unpaired) electrons. The first-order chi connectivity index (χ1) is 19.7. The molecule has 2 aliphatic rings. The number of piperidine rings is 1. The molecule has 0 bridgehead atoms. The molecule has 0 saturated carbocycles. The lowest BCUT2D eigenvalue weighted by atomic mass is 10.1. The van der Waals surface area contributed by atoms with Crippen LogP contribution in [0.25, 0.3) is 5.65 Å². The number of likely N-dealkylation sites (N-methyl/N-ethyl adjacent to an activating group) is 1. The van der Waals surface area contributed by atoms with E-state index in [-0.39, 0.29) is 42.7 Å². The fraction of sp³-hybridized carbons (Fsp3) is 0.655. The molecule has 2 saturated heterocycles. The number of nitrogens with one attached hydrogen (secondary N) is 2. The number of carbonyl (C=O) groups is 2. The van der Waals surface area contributed by atoms with Gasteiger partial charge in [-0.3, -0.25) is 4.79 Å². The van der Waals surface area contributed by atoms with E-state index in [1.54, 1.807) is 15.9 Å². The van der Waals surface area contributed by atoms with Crippen LogP contribution in [0.2, 0.25) is 0 Å². The van der Waals surface area contributed by atoms with E-state index in [1.807, 2.05) is 48.8 Å². The van der Waals surface area contributed by atoms with Gasteiger partial charge in [0.25, 0.3) is 0 Å². The highest BCUT2D eigenvalue weighted by Crippen LogP contribution is 2.27. The lowest BCUT2D eigenvalue weighted by Gasteiger charge is -2.33. The monoisotopic (exact) mass is 570 g/mol. The Morgan fingerprint density at radius 2 is 1.93 bits per heavy atom. The fourth-order valence-electron chi connectivity index (χ4n) is 5.18. The minimum absolute atomic E-state index is 0.0253. The zero-order chi connectivity index (χ0) is 29.5. The van der Waals surface area contributed by atoms with Crippen molar-refractivity contribution in [2.45, 2.75) is 70.6 Å². The number of fused-ring (bicyclic) bond motifs is 1. The van der Waals surface area contributed by atoms with Crippen LogP contribution in [0.4, 0.5) is 16.3 Å². The minimum atomic E-state index is -0.312. The number of aromatic nitrogens is 3. The number of hydrogen-bond acceptors (Lipinski definition) is 9. The summed E-state index contributed by atoms with van der Waals surface area (Å²) in [5.41, 5.74) is 2.65. The van der Waals surface area contributed by atoms with Crippen LogP contribution in [0, 0.1) is 0 Å². The third-order valence-corrected chi connectivity index (χ3v) is 7.72. The summed E-state index contributed by atoms with van der Waals surface area (Å²) in [6.07, 6.45) is 7.69. The van der Waals surface area contributed by atoms with Crippen molar-refractivity contribution in [1.29, 1.82) is 0 Å². The second-order valence-corrected chi connectivity index (χ2v) is 11.6. The number of nitrogens with zero attached hydrogens (tertiary/aromatic N) is 6. The Kier molecular flexibility index (Phi) is 10.4. The molecule has 2 atom stereocenters. The maximum absolute atomic E-state index is 12.9. The first-order valence-electron chi connectivity index (χ1n) is 14.8. The van der Waals surface area contributed by atoms with Crippen molar-refractivity contribution in [2.24, 2.45) is 0 Å². The number of aliphatic hydroxyl groups is 1. The predicted molar refractivity (Wildman–Crippen MR) is 159 cm³/mol. The Hall–Kier alpha value is -3.38. The molecule has 0 aromatic carbocycles. The molecule has 4 heterocycles. The summed E-state index contributed by atoms with van der Waals surface area (Å²) in [6.45, 7) is 9.17. The highest BCUT2D eigenvalue weighted by Gasteiger charge is 2.31. The number of ether oxygens (including phenoxy) is 1. The minimum Gasteiger partial charge on any atom is -0.444 e. The summed E-state index contributed by atoms with van der Waals surface area (Å²) < 4.78 is 7.65. The predicted octanol–water partition coefficient (Wildman–Crippen LogP) is 2.77. The molecule has 0 aliphatic carbocycles. The Morgan fingerprint density at radius 1 is 1.20 bits per heavy atom. The lowest BCUT2D eigenvalue weighted by Crippen LogP contribution is -2.44. The Bertz CT molecular complexity index is 1200. The van der Waals surface area contributed by atoms with Crippen molar-refractivity contribution in [2.75, 3.05) is 64.1 Å². The standard InChI is InChI=1S/C29H46N8O4/c1-6-21(19-38)32-26-16-24(28-30-17-25(20(2)3)37(28)33-26)31-22-9-13-35(14-10-22)29(40)41-23-11-15-36(18-23)27(39)8-7-12-34(4)5/h7-8,16-17,20-23,31,38H,6,9-15,18-19H2,1-5H3,(H,32,33)/b8-7+/t21-,23+/m1/s1. The van der Waals surface area contributed by atoms with Crippen LogP contribution in [0.3, 0.4) is 0 Å². The van der Waals surface area contributed by atoms with Crippen molar-refractivity contribution in [3.8, 4) is 0 Å². The van der Waals surface area contributed by atoms with Gasteiger partial charge in [-0.15, -0.1) is 5.10 Å². The van der Waals surface area contributed by atoms with Crippen molar-refractivity contribution < 1.29 is 19.4 Å². The van der Waals surface area contributed by atoms with Gasteiger partial charge in [0.15, 0.2) is 5.65 Å². The highest BCUT2D eigenvalue weighted by atomic mass is 16.6. The van der Waals surface area contributed by atoms with Gasteiger partial charge in [0, 0.05) is 50.8 Å². The van der Waals surface area contributed by atoms with Crippen molar-refractivity contribution >= 4 is 29.2 Å². The van der Waals surface area contributed by atoms with Gasteiger partial charge in [-0.25, -0.2) is 14.3 Å². The van der Waals surface area contributed by atoms with Gasteiger partial charge >= 0.3 is 6.09 Å². The van der Waals surface area contributed by atoms with Gasteiger partial charge < -0.3 is 35.2 Å². The smallest absolute Gasteiger partial charge is 0.410 e. The Morgan fingerprint density at radius 3 is 2.59 bits per heavy atom. The molecular weight excluding hydrogens is 524 g/mol. The summed E-state index contributed by atoms with van der Waals surface area (Å²) in [7, 11) is 3.91. The number of aliphatic hydroxyl groups excluding tert-OH is 1. The van der Waals surface area contributed by atoms with E-state index in [2.05, 4.69) is 29.5 Å². The van der Waals surface area contributed by atoms with Gasteiger partial charge in [0.1, 0.15) is 11.9 Å². The second-order valence-electron chi connectivity index (χ2n) is 11.6. The average molecular weight is 571 g/mol. The van der Waals surface area contributed by atoms with E-state index in [0.717, 1.165) is 36.3 Å². The molecule has 2 aromatic heterocycles. The zero-order valence-corrected chi connectivity index (χ0v) is 25.0. The molecule has 2 aromatic rings. The third kappa shape index (κ3) is 7.88. The van der Waals surface area contributed by atoms with Crippen LogP contribution in [0.1, 0.15) is 58.1 Å². The number of imidazole rings is 1. The SMILES string of the molecule is CC[C@H](CO)Nc1cc(NC2CCN(C(=O)O[C@H]3CCN(C(=O)/C=C/CN(C)C)C3)CC2)c2ncc(C(C)C)n2n1. The molecule has 12 nitrogen and oxygen atoms in total. The number of anilines is 2. The number of amides is 2. The molecule has 41 heavy (non-hydrogen) atoms. The van der Waals surface area contributed by atoms with Crippen LogP contribution in [0.5, 0.6) is 0 Å². The highest BCUT2D eigenvalue weighted by molar-refractivity contribution is 5.87. The molecule has 2 amide bonds. The molecule has 2 aliphatic heterocycles.